The minimum Gasteiger partial charge on any atom is -0.479 e. The summed E-state index contributed by atoms with van der Waals surface area (Å²) in [5.74, 6) is 0.704. The zero-order valence-corrected chi connectivity index (χ0v) is 8.86. The molecule has 1 aliphatic heterocycles. The van der Waals surface area contributed by atoms with E-state index in [1.165, 1.54) is 0 Å². The van der Waals surface area contributed by atoms with Gasteiger partial charge in [-0.05, 0) is 24.6 Å². The molecule has 0 bridgehead atoms. The zero-order chi connectivity index (χ0) is 11.0. The number of hydrogen-bond donors (Lipinski definition) is 1. The molecule has 4 nitrogen and oxygen atoms in total. The van der Waals surface area contributed by atoms with Crippen LogP contribution in [-0.4, -0.2) is 19.1 Å². The Morgan fingerprint density at radius 1 is 1.53 bits per heavy atom. The molecule has 0 aromatic heterocycles. The molecule has 80 valence electrons. The van der Waals surface area contributed by atoms with E-state index in [4.69, 9.17) is 10.5 Å². The van der Waals surface area contributed by atoms with Crippen LogP contribution in [0.2, 0.25) is 0 Å². The average molecular weight is 206 g/mol. The molecule has 0 saturated heterocycles. The van der Waals surface area contributed by atoms with Crippen molar-refractivity contribution in [3.8, 4) is 5.75 Å². The van der Waals surface area contributed by atoms with E-state index in [0.717, 1.165) is 17.0 Å². The van der Waals surface area contributed by atoms with Gasteiger partial charge in [0.1, 0.15) is 5.75 Å². The van der Waals surface area contributed by atoms with E-state index in [-0.39, 0.29) is 5.91 Å². The highest BCUT2D eigenvalue weighted by atomic mass is 16.5. The first-order chi connectivity index (χ1) is 7.13. The van der Waals surface area contributed by atoms with Crippen LogP contribution in [0, 0.1) is 0 Å². The quantitative estimate of drug-likeness (QED) is 0.742. The minimum atomic E-state index is -0.421. The van der Waals surface area contributed by atoms with Crippen molar-refractivity contribution in [1.82, 2.24) is 0 Å². The summed E-state index contributed by atoms with van der Waals surface area (Å²) < 4.78 is 5.51. The van der Waals surface area contributed by atoms with Crippen LogP contribution in [0.1, 0.15) is 12.5 Å². The highest BCUT2D eigenvalue weighted by molar-refractivity contribution is 5.99. The summed E-state index contributed by atoms with van der Waals surface area (Å²) in [6, 6.07) is 5.65. The van der Waals surface area contributed by atoms with Crippen molar-refractivity contribution in [2.24, 2.45) is 5.73 Å². The monoisotopic (exact) mass is 206 g/mol. The van der Waals surface area contributed by atoms with Gasteiger partial charge < -0.3 is 15.4 Å². The van der Waals surface area contributed by atoms with E-state index in [1.807, 2.05) is 18.2 Å². The first kappa shape index (κ1) is 9.98. The van der Waals surface area contributed by atoms with Gasteiger partial charge in [0, 0.05) is 13.6 Å². The van der Waals surface area contributed by atoms with Crippen LogP contribution in [-0.2, 0) is 11.3 Å². The molecule has 1 amide bonds. The summed E-state index contributed by atoms with van der Waals surface area (Å²) in [6.45, 7) is 2.22. The predicted octanol–water partition coefficient (Wildman–Crippen LogP) is 0.889. The van der Waals surface area contributed by atoms with Crippen LogP contribution in [0.3, 0.4) is 0 Å². The van der Waals surface area contributed by atoms with E-state index < -0.39 is 6.10 Å². The topological polar surface area (TPSA) is 55.6 Å². The van der Waals surface area contributed by atoms with Crippen LogP contribution in [0.4, 0.5) is 5.69 Å². The Balaban J connectivity index is 2.45. The van der Waals surface area contributed by atoms with Gasteiger partial charge in [-0.2, -0.15) is 0 Å². The van der Waals surface area contributed by atoms with Crippen molar-refractivity contribution >= 4 is 11.6 Å². The number of nitrogens with two attached hydrogens (primary N) is 1. The second-order valence-electron chi connectivity index (χ2n) is 3.66. The Labute approximate surface area is 88.6 Å². The highest BCUT2D eigenvalue weighted by Gasteiger charge is 2.28. The largest absolute Gasteiger partial charge is 0.479 e. The van der Waals surface area contributed by atoms with Crippen molar-refractivity contribution in [3.05, 3.63) is 23.8 Å². The fraction of sp³-hybridized carbons (Fsp3) is 0.364. The minimum absolute atomic E-state index is 0.0250. The number of hydrogen-bond acceptors (Lipinski definition) is 3. The lowest BCUT2D eigenvalue weighted by molar-refractivity contribution is -0.125. The molecule has 15 heavy (non-hydrogen) atoms. The van der Waals surface area contributed by atoms with Gasteiger partial charge in [0.15, 0.2) is 6.10 Å². The molecule has 2 N–H and O–H groups in total. The van der Waals surface area contributed by atoms with Crippen molar-refractivity contribution in [3.63, 3.8) is 0 Å². The highest BCUT2D eigenvalue weighted by Crippen LogP contribution is 2.33. The first-order valence-electron chi connectivity index (χ1n) is 4.90. The number of nitrogens with zero attached hydrogens (tertiary/aromatic N) is 1. The number of likely N-dealkylation sites (N-methyl/N-ethyl adjacent to an activating group) is 1. The predicted molar refractivity (Wildman–Crippen MR) is 57.8 cm³/mol. The summed E-state index contributed by atoms with van der Waals surface area (Å²) in [5, 5.41) is 0. The molecule has 1 heterocycles. The van der Waals surface area contributed by atoms with Gasteiger partial charge >= 0.3 is 0 Å². The van der Waals surface area contributed by atoms with Crippen LogP contribution in [0.15, 0.2) is 18.2 Å². The van der Waals surface area contributed by atoms with Crippen LogP contribution in [0.5, 0.6) is 5.75 Å². The maximum absolute atomic E-state index is 11.6. The lowest BCUT2D eigenvalue weighted by Gasteiger charge is -2.30. The Hall–Kier alpha value is -1.55. The Morgan fingerprint density at radius 2 is 2.27 bits per heavy atom. The van der Waals surface area contributed by atoms with Gasteiger partial charge in [-0.1, -0.05) is 6.07 Å². The third-order valence-electron chi connectivity index (χ3n) is 2.60. The third-order valence-corrected chi connectivity index (χ3v) is 2.60. The molecule has 0 fully saturated rings. The van der Waals surface area contributed by atoms with Crippen LogP contribution in [0.25, 0.3) is 0 Å². The summed E-state index contributed by atoms with van der Waals surface area (Å²) in [6.07, 6.45) is -0.421. The van der Waals surface area contributed by atoms with Gasteiger partial charge in [0.25, 0.3) is 5.91 Å². The second-order valence-corrected chi connectivity index (χ2v) is 3.66. The lowest BCUT2D eigenvalue weighted by Crippen LogP contribution is -2.41. The zero-order valence-electron chi connectivity index (χ0n) is 8.86. The van der Waals surface area contributed by atoms with Gasteiger partial charge in [-0.3, -0.25) is 4.79 Å². The van der Waals surface area contributed by atoms with Crippen molar-refractivity contribution in [1.29, 1.82) is 0 Å². The smallest absolute Gasteiger partial charge is 0.267 e. The van der Waals surface area contributed by atoms with E-state index in [0.29, 0.717) is 6.54 Å². The molecule has 2 rings (SSSR count). The summed E-state index contributed by atoms with van der Waals surface area (Å²) in [4.78, 5) is 13.2. The third kappa shape index (κ3) is 1.57. The molecule has 0 radical (unpaired) electrons. The standard InChI is InChI=1S/C11H14N2O2/c1-7-11(14)13(2)9-4-3-8(6-12)5-10(9)15-7/h3-5,7H,6,12H2,1-2H3. The molecule has 1 aliphatic rings. The van der Waals surface area contributed by atoms with Crippen LogP contribution < -0.4 is 15.4 Å². The molecule has 0 saturated carbocycles. The molecular weight excluding hydrogens is 192 g/mol. The molecule has 0 aliphatic carbocycles. The normalized spacial score (nSPS) is 19.8. The number of carbonyl (C=O) groups excluding carboxylic acids is 1. The Bertz CT molecular complexity index is 404. The first-order valence-corrected chi connectivity index (χ1v) is 4.90. The maximum Gasteiger partial charge on any atom is 0.267 e. The lowest BCUT2D eigenvalue weighted by atomic mass is 10.1. The Kier molecular flexibility index (Phi) is 2.36. The van der Waals surface area contributed by atoms with Gasteiger partial charge in [0.05, 0.1) is 5.69 Å². The SMILES string of the molecule is CC1Oc2cc(CN)ccc2N(C)C1=O. The van der Waals surface area contributed by atoms with Crippen molar-refractivity contribution in [2.75, 3.05) is 11.9 Å². The molecule has 1 unspecified atom stereocenters. The van der Waals surface area contributed by atoms with Gasteiger partial charge in [-0.15, -0.1) is 0 Å². The fourth-order valence-electron chi connectivity index (χ4n) is 1.69. The van der Waals surface area contributed by atoms with E-state index in [2.05, 4.69) is 0 Å². The molecule has 4 heteroatoms. The molecular formula is C11H14N2O2. The number of benzene rings is 1. The number of amides is 1. The molecule has 1 aromatic rings. The Morgan fingerprint density at radius 3 is 2.93 bits per heavy atom. The number of carbonyl (C=O) groups is 1. The maximum atomic E-state index is 11.6. The number of rotatable bonds is 1. The summed E-state index contributed by atoms with van der Waals surface area (Å²) in [7, 11) is 1.75. The van der Waals surface area contributed by atoms with Gasteiger partial charge in [0.2, 0.25) is 0 Å². The van der Waals surface area contributed by atoms with Crippen LogP contribution >= 0.6 is 0 Å². The van der Waals surface area contributed by atoms with E-state index in [1.54, 1.807) is 18.9 Å². The van der Waals surface area contributed by atoms with Crippen molar-refractivity contribution in [2.45, 2.75) is 19.6 Å². The number of fused-ring (bicyclic) bond motifs is 1. The number of ether oxygens (including phenoxy) is 1. The summed E-state index contributed by atoms with van der Waals surface area (Å²) >= 11 is 0. The van der Waals surface area contributed by atoms with E-state index in [9.17, 15) is 4.79 Å². The van der Waals surface area contributed by atoms with Gasteiger partial charge in [-0.25, -0.2) is 0 Å². The molecule has 1 atom stereocenters. The van der Waals surface area contributed by atoms with Crippen molar-refractivity contribution < 1.29 is 9.53 Å². The van der Waals surface area contributed by atoms with E-state index >= 15 is 0 Å². The molecule has 1 aromatic carbocycles. The second kappa shape index (κ2) is 3.55. The number of anilines is 1. The fourth-order valence-corrected chi connectivity index (χ4v) is 1.69. The average Bonchev–Trinajstić information content (AvgIpc) is 2.25. The molecule has 0 spiro atoms. The summed E-state index contributed by atoms with van der Waals surface area (Å²) in [5.41, 5.74) is 7.35.